The van der Waals surface area contributed by atoms with Crippen molar-refractivity contribution in [3.63, 3.8) is 0 Å². The molecule has 0 spiro atoms. The minimum absolute atomic E-state index is 0.235. The Labute approximate surface area is 214 Å². The van der Waals surface area contributed by atoms with Gasteiger partial charge in [-0.2, -0.15) is 0 Å². The molecule has 5 rings (SSSR count). The third kappa shape index (κ3) is 4.93. The molecular formula is C28H28ClN3O4. The van der Waals surface area contributed by atoms with Gasteiger partial charge in [0.25, 0.3) is 0 Å². The van der Waals surface area contributed by atoms with Crippen LogP contribution in [0.1, 0.15) is 23.8 Å². The van der Waals surface area contributed by atoms with Gasteiger partial charge in [-0.05, 0) is 17.2 Å². The van der Waals surface area contributed by atoms with E-state index in [1.165, 1.54) is 6.33 Å². The van der Waals surface area contributed by atoms with Gasteiger partial charge in [-0.25, -0.2) is 9.97 Å². The SMILES string of the molecule is C=CC[C@@]1(O)[C@H](OCc2ccccc2)[C@@H](COCc2ccccc2)O[C@@H]1n1ccc2c(Cl)ncnc21. The van der Waals surface area contributed by atoms with Crippen molar-refractivity contribution in [2.45, 2.75) is 43.7 Å². The Balaban J connectivity index is 1.45. The summed E-state index contributed by atoms with van der Waals surface area (Å²) in [6, 6.07) is 21.6. The maximum absolute atomic E-state index is 12.1. The van der Waals surface area contributed by atoms with Crippen LogP contribution in [0.25, 0.3) is 11.0 Å². The van der Waals surface area contributed by atoms with Crippen LogP contribution in [0.2, 0.25) is 5.15 Å². The van der Waals surface area contributed by atoms with Crippen molar-refractivity contribution in [1.82, 2.24) is 14.5 Å². The highest BCUT2D eigenvalue weighted by Gasteiger charge is 2.57. The number of halogens is 1. The molecule has 7 nitrogen and oxygen atoms in total. The second-order valence-electron chi connectivity index (χ2n) is 8.85. The monoisotopic (exact) mass is 505 g/mol. The highest BCUT2D eigenvalue weighted by Crippen LogP contribution is 2.44. The number of aromatic nitrogens is 3. The van der Waals surface area contributed by atoms with E-state index in [-0.39, 0.29) is 13.0 Å². The molecule has 4 aromatic rings. The molecule has 0 aliphatic carbocycles. The number of nitrogens with zero attached hydrogens (tertiary/aromatic N) is 3. The Morgan fingerprint density at radius 1 is 1.03 bits per heavy atom. The molecule has 0 amide bonds. The van der Waals surface area contributed by atoms with Crippen molar-refractivity contribution in [1.29, 1.82) is 0 Å². The van der Waals surface area contributed by atoms with Crippen LogP contribution in [0.5, 0.6) is 0 Å². The lowest BCUT2D eigenvalue weighted by Gasteiger charge is -2.33. The van der Waals surface area contributed by atoms with Gasteiger partial charge in [0.2, 0.25) is 0 Å². The Morgan fingerprint density at radius 2 is 1.72 bits per heavy atom. The average Bonchev–Trinajstić information content (AvgIpc) is 3.44. The normalized spacial score (nSPS) is 23.8. The summed E-state index contributed by atoms with van der Waals surface area (Å²) in [7, 11) is 0. The van der Waals surface area contributed by atoms with E-state index >= 15 is 0 Å². The fourth-order valence-electron chi connectivity index (χ4n) is 4.71. The van der Waals surface area contributed by atoms with Crippen LogP contribution >= 0.6 is 11.6 Å². The van der Waals surface area contributed by atoms with E-state index in [9.17, 15) is 5.11 Å². The number of hydrogen-bond donors (Lipinski definition) is 1. The second kappa shape index (κ2) is 10.9. The average molecular weight is 506 g/mol. The molecule has 3 heterocycles. The van der Waals surface area contributed by atoms with Crippen LogP contribution in [-0.4, -0.2) is 44.1 Å². The maximum atomic E-state index is 12.1. The van der Waals surface area contributed by atoms with Gasteiger partial charge in [-0.15, -0.1) is 6.58 Å². The van der Waals surface area contributed by atoms with Crippen LogP contribution in [0.15, 0.2) is 91.9 Å². The van der Waals surface area contributed by atoms with Gasteiger partial charge in [-0.3, -0.25) is 0 Å². The van der Waals surface area contributed by atoms with Crippen molar-refractivity contribution >= 4 is 22.6 Å². The van der Waals surface area contributed by atoms with E-state index in [1.54, 1.807) is 16.8 Å². The molecule has 0 bridgehead atoms. The minimum Gasteiger partial charge on any atom is -0.382 e. The third-order valence-electron chi connectivity index (χ3n) is 6.41. The first-order chi connectivity index (χ1) is 17.6. The molecule has 8 heteroatoms. The smallest absolute Gasteiger partial charge is 0.167 e. The van der Waals surface area contributed by atoms with E-state index in [0.29, 0.717) is 29.4 Å². The first-order valence-corrected chi connectivity index (χ1v) is 12.2. The molecule has 0 radical (unpaired) electrons. The second-order valence-corrected chi connectivity index (χ2v) is 9.21. The number of benzene rings is 2. The predicted octanol–water partition coefficient (Wildman–Crippen LogP) is 5.09. The van der Waals surface area contributed by atoms with E-state index < -0.39 is 24.0 Å². The Hall–Kier alpha value is -3.07. The summed E-state index contributed by atoms with van der Waals surface area (Å²) in [5, 5.41) is 13.1. The lowest BCUT2D eigenvalue weighted by molar-refractivity contribution is -0.123. The summed E-state index contributed by atoms with van der Waals surface area (Å²) < 4.78 is 20.6. The van der Waals surface area contributed by atoms with Crippen molar-refractivity contribution in [3.05, 3.63) is 108 Å². The Kier molecular flexibility index (Phi) is 7.46. The van der Waals surface area contributed by atoms with Crippen molar-refractivity contribution < 1.29 is 19.3 Å². The lowest BCUT2D eigenvalue weighted by atomic mass is 9.90. The Morgan fingerprint density at radius 3 is 2.42 bits per heavy atom. The molecule has 1 fully saturated rings. The van der Waals surface area contributed by atoms with Gasteiger partial charge < -0.3 is 23.9 Å². The van der Waals surface area contributed by atoms with Crippen LogP contribution in [0.3, 0.4) is 0 Å². The molecule has 4 atom stereocenters. The maximum Gasteiger partial charge on any atom is 0.167 e. The molecule has 0 saturated carbocycles. The molecule has 1 saturated heterocycles. The van der Waals surface area contributed by atoms with Gasteiger partial charge in [-0.1, -0.05) is 78.3 Å². The topological polar surface area (TPSA) is 78.6 Å². The summed E-state index contributed by atoms with van der Waals surface area (Å²) in [4.78, 5) is 8.46. The van der Waals surface area contributed by atoms with E-state index in [2.05, 4.69) is 16.5 Å². The molecule has 0 unspecified atom stereocenters. The zero-order valence-corrected chi connectivity index (χ0v) is 20.5. The number of hydrogen-bond acceptors (Lipinski definition) is 6. The standard InChI is InChI=1S/C28H28ClN3O4/c1-2-14-28(33)24(35-17-21-11-7-4-8-12-21)23(18-34-16-20-9-5-3-6-10-20)36-27(28)32-15-13-22-25(29)30-19-31-26(22)32/h2-13,15,19,23-24,27,33H,1,14,16-18H2/t23-,24-,27+,28-/m1/s1. The van der Waals surface area contributed by atoms with Gasteiger partial charge >= 0.3 is 0 Å². The van der Waals surface area contributed by atoms with Crippen molar-refractivity contribution in [2.75, 3.05) is 6.61 Å². The number of aliphatic hydroxyl groups is 1. The third-order valence-corrected chi connectivity index (χ3v) is 6.71. The molecule has 36 heavy (non-hydrogen) atoms. The number of rotatable bonds is 10. The predicted molar refractivity (Wildman–Crippen MR) is 137 cm³/mol. The van der Waals surface area contributed by atoms with E-state index in [0.717, 1.165) is 11.1 Å². The number of ether oxygens (including phenoxy) is 3. The molecule has 1 aliphatic heterocycles. The van der Waals surface area contributed by atoms with Crippen molar-refractivity contribution in [2.24, 2.45) is 0 Å². The molecule has 2 aromatic heterocycles. The highest BCUT2D eigenvalue weighted by atomic mass is 35.5. The molecule has 186 valence electrons. The van der Waals surface area contributed by atoms with Crippen molar-refractivity contribution in [3.8, 4) is 0 Å². The molecular weight excluding hydrogens is 478 g/mol. The quantitative estimate of drug-likeness (QED) is 0.239. The summed E-state index contributed by atoms with van der Waals surface area (Å²) >= 11 is 6.28. The van der Waals surface area contributed by atoms with Gasteiger partial charge in [0.1, 0.15) is 34.9 Å². The van der Waals surface area contributed by atoms with Crippen LogP contribution in [0.4, 0.5) is 0 Å². The summed E-state index contributed by atoms with van der Waals surface area (Å²) in [6.45, 7) is 4.86. The summed E-state index contributed by atoms with van der Waals surface area (Å²) in [6.07, 6.45) is 3.08. The van der Waals surface area contributed by atoms with Gasteiger partial charge in [0.15, 0.2) is 6.23 Å². The van der Waals surface area contributed by atoms with E-state index in [1.807, 2.05) is 66.7 Å². The molecule has 1 N–H and O–H groups in total. The summed E-state index contributed by atoms with van der Waals surface area (Å²) in [5.41, 5.74) is 1.19. The van der Waals surface area contributed by atoms with Crippen LogP contribution in [-0.2, 0) is 27.4 Å². The van der Waals surface area contributed by atoms with E-state index in [4.69, 9.17) is 25.8 Å². The minimum atomic E-state index is -1.43. The molecule has 2 aromatic carbocycles. The van der Waals surface area contributed by atoms with Gasteiger partial charge in [0.05, 0.1) is 25.2 Å². The van der Waals surface area contributed by atoms with Crippen LogP contribution in [0, 0.1) is 0 Å². The fourth-order valence-corrected chi connectivity index (χ4v) is 4.90. The van der Waals surface area contributed by atoms with Gasteiger partial charge in [0, 0.05) is 12.6 Å². The highest BCUT2D eigenvalue weighted by molar-refractivity contribution is 6.33. The zero-order valence-electron chi connectivity index (χ0n) is 19.7. The first kappa shape index (κ1) is 24.6. The Bertz CT molecular complexity index is 1300. The number of fused-ring (bicyclic) bond motifs is 1. The largest absolute Gasteiger partial charge is 0.382 e. The zero-order chi connectivity index (χ0) is 25.0. The first-order valence-electron chi connectivity index (χ1n) is 11.8. The van der Waals surface area contributed by atoms with Crippen LogP contribution < -0.4 is 0 Å². The summed E-state index contributed by atoms with van der Waals surface area (Å²) in [5.74, 6) is 0. The molecule has 1 aliphatic rings. The fraction of sp³-hybridized carbons (Fsp3) is 0.286. The lowest BCUT2D eigenvalue weighted by Crippen LogP contribution is -2.48.